The van der Waals surface area contributed by atoms with E-state index >= 15 is 0 Å². The van der Waals surface area contributed by atoms with Crippen molar-refractivity contribution in [1.29, 1.82) is 0 Å². The maximum Gasteiger partial charge on any atom is 0.264 e. The Balaban J connectivity index is 1.50. The smallest absolute Gasteiger partial charge is 0.264 e. The van der Waals surface area contributed by atoms with Crippen LogP contribution in [0.1, 0.15) is 11.4 Å². The van der Waals surface area contributed by atoms with Crippen molar-refractivity contribution in [3.05, 3.63) is 107 Å². The third-order valence-corrected chi connectivity index (χ3v) is 7.59. The number of hydrogen-bond donors (Lipinski definition) is 1. The molecule has 0 unspecified atom stereocenters. The number of hydrogen-bond acceptors (Lipinski definition) is 4. The van der Waals surface area contributed by atoms with E-state index < -0.39 is 22.5 Å². The van der Waals surface area contributed by atoms with Crippen molar-refractivity contribution in [3.8, 4) is 5.69 Å². The summed E-state index contributed by atoms with van der Waals surface area (Å²) >= 11 is 12.0. The molecule has 0 saturated carbocycles. The van der Waals surface area contributed by atoms with E-state index in [9.17, 15) is 13.2 Å². The monoisotopic (exact) mass is 528 g/mol. The second-order valence-electron chi connectivity index (χ2n) is 7.73. The van der Waals surface area contributed by atoms with Crippen LogP contribution >= 0.6 is 23.2 Å². The summed E-state index contributed by atoms with van der Waals surface area (Å²) in [6.07, 6.45) is 3.60. The minimum atomic E-state index is -4.05. The zero-order valence-corrected chi connectivity index (χ0v) is 21.1. The summed E-state index contributed by atoms with van der Waals surface area (Å²) in [7, 11) is -4.05. The maximum absolute atomic E-state index is 13.4. The number of halogens is 2. The summed E-state index contributed by atoms with van der Waals surface area (Å²) in [5, 5.41) is 3.56. The lowest BCUT2D eigenvalue weighted by Crippen LogP contribution is -2.40. The molecule has 10 heteroatoms. The lowest BCUT2D eigenvalue weighted by Gasteiger charge is -2.24. The molecule has 0 aliphatic carbocycles. The normalized spacial score (nSPS) is 11.3. The van der Waals surface area contributed by atoms with Crippen molar-refractivity contribution in [2.75, 3.05) is 10.8 Å². The summed E-state index contributed by atoms with van der Waals surface area (Å²) in [4.78, 5) is 17.1. The van der Waals surface area contributed by atoms with Crippen LogP contribution in [0.3, 0.4) is 0 Å². The maximum atomic E-state index is 13.4. The van der Waals surface area contributed by atoms with E-state index in [1.54, 1.807) is 24.4 Å². The predicted octanol–water partition coefficient (Wildman–Crippen LogP) is 5.00. The second-order valence-corrected chi connectivity index (χ2v) is 10.5. The number of nitrogens with zero attached hydrogens (tertiary/aromatic N) is 3. The highest BCUT2D eigenvalue weighted by atomic mass is 35.5. The molecule has 7 nitrogen and oxygen atoms in total. The fourth-order valence-electron chi connectivity index (χ4n) is 3.49. The van der Waals surface area contributed by atoms with Crippen LogP contribution in [0.4, 0.5) is 5.69 Å². The van der Waals surface area contributed by atoms with E-state index in [-0.39, 0.29) is 17.1 Å². The molecular weight excluding hydrogens is 507 g/mol. The number of imidazole rings is 1. The molecule has 0 atom stereocenters. The Kier molecular flexibility index (Phi) is 7.45. The van der Waals surface area contributed by atoms with Gasteiger partial charge in [0.2, 0.25) is 5.91 Å². The molecule has 0 aliphatic heterocycles. The van der Waals surface area contributed by atoms with Gasteiger partial charge in [-0.1, -0.05) is 41.4 Å². The highest BCUT2D eigenvalue weighted by Gasteiger charge is 2.27. The average Bonchev–Trinajstić information content (AvgIpc) is 3.27. The van der Waals surface area contributed by atoms with Crippen molar-refractivity contribution in [2.45, 2.75) is 18.4 Å². The number of aryl methyl sites for hydroxylation is 1. The minimum Gasteiger partial charge on any atom is -0.350 e. The van der Waals surface area contributed by atoms with Crippen LogP contribution in [0, 0.1) is 6.92 Å². The van der Waals surface area contributed by atoms with Crippen LogP contribution in [0.25, 0.3) is 5.69 Å². The molecule has 4 aromatic rings. The molecule has 1 amide bonds. The van der Waals surface area contributed by atoms with Gasteiger partial charge < -0.3 is 9.88 Å². The fourth-order valence-corrected chi connectivity index (χ4v) is 5.22. The van der Waals surface area contributed by atoms with E-state index in [1.807, 2.05) is 42.0 Å². The van der Waals surface area contributed by atoms with Crippen LogP contribution in [0.5, 0.6) is 0 Å². The van der Waals surface area contributed by atoms with Gasteiger partial charge in [-0.15, -0.1) is 0 Å². The summed E-state index contributed by atoms with van der Waals surface area (Å²) < 4.78 is 29.8. The van der Waals surface area contributed by atoms with Crippen LogP contribution < -0.4 is 9.62 Å². The molecule has 0 bridgehead atoms. The van der Waals surface area contributed by atoms with Gasteiger partial charge in [0.25, 0.3) is 10.0 Å². The van der Waals surface area contributed by atoms with Crippen molar-refractivity contribution >= 4 is 44.8 Å². The molecule has 0 saturated heterocycles. The molecule has 1 aromatic heterocycles. The van der Waals surface area contributed by atoms with Gasteiger partial charge >= 0.3 is 0 Å². The summed E-state index contributed by atoms with van der Waals surface area (Å²) in [6.45, 7) is 1.74. The Morgan fingerprint density at radius 2 is 1.71 bits per heavy atom. The molecule has 3 aromatic carbocycles. The number of aromatic nitrogens is 2. The quantitative estimate of drug-likeness (QED) is 0.348. The van der Waals surface area contributed by atoms with Crippen molar-refractivity contribution in [1.82, 2.24) is 14.9 Å². The topological polar surface area (TPSA) is 84.3 Å². The van der Waals surface area contributed by atoms with E-state index in [2.05, 4.69) is 10.3 Å². The van der Waals surface area contributed by atoms with Crippen molar-refractivity contribution < 1.29 is 13.2 Å². The Bertz CT molecular complexity index is 1440. The van der Waals surface area contributed by atoms with Crippen LogP contribution in [-0.2, 0) is 21.4 Å². The van der Waals surface area contributed by atoms with E-state index in [0.29, 0.717) is 10.0 Å². The lowest BCUT2D eigenvalue weighted by atomic mass is 10.2. The van der Waals surface area contributed by atoms with Gasteiger partial charge in [0, 0.05) is 34.7 Å². The Labute approximate surface area is 214 Å². The lowest BCUT2D eigenvalue weighted by molar-refractivity contribution is -0.119. The third kappa shape index (κ3) is 5.85. The largest absolute Gasteiger partial charge is 0.350 e. The van der Waals surface area contributed by atoms with Gasteiger partial charge in [-0.2, -0.15) is 0 Å². The molecular formula is C25H22Cl2N4O3S. The number of carbonyl (C=O) groups excluding carboxylic acids is 1. The van der Waals surface area contributed by atoms with Crippen molar-refractivity contribution in [3.63, 3.8) is 0 Å². The number of anilines is 1. The summed E-state index contributed by atoms with van der Waals surface area (Å²) in [5.41, 5.74) is 2.11. The average molecular weight is 529 g/mol. The Hall–Kier alpha value is -3.33. The number of carbonyl (C=O) groups is 1. The van der Waals surface area contributed by atoms with Crippen LogP contribution in [0.15, 0.2) is 90.1 Å². The number of benzene rings is 3. The molecule has 1 heterocycles. The second kappa shape index (κ2) is 10.5. The zero-order valence-electron chi connectivity index (χ0n) is 18.7. The SMILES string of the molecule is Cc1nccn1-c1ccc(CNC(=O)CN(c2cccc(Cl)c2)S(=O)(=O)c2ccc(Cl)cc2)cc1. The number of nitrogens with one attached hydrogen (secondary N) is 1. The first-order valence-corrected chi connectivity index (χ1v) is 12.8. The van der Waals surface area contributed by atoms with Gasteiger partial charge in [-0.25, -0.2) is 13.4 Å². The first-order chi connectivity index (χ1) is 16.7. The van der Waals surface area contributed by atoms with E-state index in [1.165, 1.54) is 30.3 Å². The molecule has 0 fully saturated rings. The standard InChI is InChI=1S/C25H22Cl2N4O3S/c1-18-28-13-14-30(18)22-9-5-19(6-10-22)16-29-25(32)17-31(23-4-2-3-21(27)15-23)35(33,34)24-11-7-20(26)8-12-24/h2-15H,16-17H2,1H3,(H,29,32). The number of rotatable bonds is 8. The first kappa shape index (κ1) is 24.8. The molecule has 35 heavy (non-hydrogen) atoms. The zero-order chi connectivity index (χ0) is 25.0. The highest BCUT2D eigenvalue weighted by Crippen LogP contribution is 2.26. The molecule has 4 rings (SSSR count). The summed E-state index contributed by atoms with van der Waals surface area (Å²) in [5.74, 6) is 0.408. The first-order valence-electron chi connectivity index (χ1n) is 10.6. The molecule has 0 radical (unpaired) electrons. The molecule has 0 spiro atoms. The van der Waals surface area contributed by atoms with Gasteiger partial charge in [-0.05, 0) is 67.1 Å². The third-order valence-electron chi connectivity index (χ3n) is 5.31. The van der Waals surface area contributed by atoms with Crippen LogP contribution in [-0.4, -0.2) is 30.4 Å². The van der Waals surface area contributed by atoms with E-state index in [0.717, 1.165) is 21.4 Å². The Morgan fingerprint density at radius 1 is 1.00 bits per heavy atom. The molecule has 180 valence electrons. The highest BCUT2D eigenvalue weighted by molar-refractivity contribution is 7.92. The molecule has 1 N–H and O–H groups in total. The van der Waals surface area contributed by atoms with Gasteiger partial charge in [-0.3, -0.25) is 9.10 Å². The Morgan fingerprint density at radius 3 is 2.34 bits per heavy atom. The summed E-state index contributed by atoms with van der Waals surface area (Å²) in [6, 6.07) is 19.8. The van der Waals surface area contributed by atoms with E-state index in [4.69, 9.17) is 23.2 Å². The molecule has 0 aliphatic rings. The number of sulfonamides is 1. The van der Waals surface area contributed by atoms with Gasteiger partial charge in [0.15, 0.2) is 0 Å². The van der Waals surface area contributed by atoms with Gasteiger partial charge in [0.05, 0.1) is 10.6 Å². The van der Waals surface area contributed by atoms with Gasteiger partial charge in [0.1, 0.15) is 12.4 Å². The number of amides is 1. The minimum absolute atomic E-state index is 0.0139. The van der Waals surface area contributed by atoms with Crippen LogP contribution in [0.2, 0.25) is 10.0 Å². The van der Waals surface area contributed by atoms with Crippen molar-refractivity contribution in [2.24, 2.45) is 0 Å². The predicted molar refractivity (Wildman–Crippen MR) is 138 cm³/mol. The fraction of sp³-hybridized carbons (Fsp3) is 0.120.